The van der Waals surface area contributed by atoms with Gasteiger partial charge in [0.05, 0.1) is 5.56 Å². The zero-order valence-corrected chi connectivity index (χ0v) is 9.01. The first-order chi connectivity index (χ1) is 8.04. The molecule has 1 aromatic rings. The van der Waals surface area contributed by atoms with Gasteiger partial charge in [0.1, 0.15) is 0 Å². The molecule has 6 heteroatoms. The summed E-state index contributed by atoms with van der Waals surface area (Å²) in [5.74, 6) is 0.568. The zero-order valence-electron chi connectivity index (χ0n) is 9.01. The van der Waals surface area contributed by atoms with Gasteiger partial charge in [-0.25, -0.2) is 0 Å². The molecule has 0 saturated carbocycles. The normalized spacial score (nSPS) is 14.1. The molecule has 0 amide bonds. The van der Waals surface area contributed by atoms with Crippen LogP contribution in [0.15, 0.2) is 12.1 Å². The molecule has 1 aliphatic rings. The van der Waals surface area contributed by atoms with Gasteiger partial charge in [-0.3, -0.25) is 0 Å². The van der Waals surface area contributed by atoms with Crippen LogP contribution in [-0.2, 0) is 12.6 Å². The van der Waals surface area contributed by atoms with Gasteiger partial charge < -0.3 is 15.2 Å². The van der Waals surface area contributed by atoms with E-state index in [0.717, 1.165) is 6.07 Å². The van der Waals surface area contributed by atoms with Crippen molar-refractivity contribution in [3.63, 3.8) is 0 Å². The van der Waals surface area contributed by atoms with E-state index < -0.39 is 11.7 Å². The SMILES string of the molecule is NCCCc1c(C(F)(F)F)ccc2c1OCO2. The van der Waals surface area contributed by atoms with Gasteiger partial charge >= 0.3 is 6.18 Å². The van der Waals surface area contributed by atoms with Crippen LogP contribution in [0.3, 0.4) is 0 Å². The molecule has 94 valence electrons. The van der Waals surface area contributed by atoms with Gasteiger partial charge in [-0.15, -0.1) is 0 Å². The van der Waals surface area contributed by atoms with Gasteiger partial charge in [0.15, 0.2) is 11.5 Å². The van der Waals surface area contributed by atoms with Gasteiger partial charge in [-0.2, -0.15) is 13.2 Å². The van der Waals surface area contributed by atoms with Crippen LogP contribution in [0.2, 0.25) is 0 Å². The molecule has 0 spiro atoms. The van der Waals surface area contributed by atoms with E-state index in [0.29, 0.717) is 18.7 Å². The van der Waals surface area contributed by atoms with E-state index in [4.69, 9.17) is 15.2 Å². The lowest BCUT2D eigenvalue weighted by molar-refractivity contribution is -0.138. The summed E-state index contributed by atoms with van der Waals surface area (Å²) in [4.78, 5) is 0. The Hall–Kier alpha value is -1.43. The number of ether oxygens (including phenoxy) is 2. The highest BCUT2D eigenvalue weighted by Gasteiger charge is 2.36. The Morgan fingerprint density at radius 1 is 1.24 bits per heavy atom. The number of rotatable bonds is 3. The number of hydrogen-bond donors (Lipinski definition) is 1. The largest absolute Gasteiger partial charge is 0.454 e. The Morgan fingerprint density at radius 2 is 2.00 bits per heavy atom. The molecule has 0 fully saturated rings. The molecule has 1 aliphatic heterocycles. The average molecular weight is 247 g/mol. The van der Waals surface area contributed by atoms with Crippen molar-refractivity contribution >= 4 is 0 Å². The highest BCUT2D eigenvalue weighted by Crippen LogP contribution is 2.43. The van der Waals surface area contributed by atoms with Crippen molar-refractivity contribution in [1.82, 2.24) is 0 Å². The lowest BCUT2D eigenvalue weighted by Crippen LogP contribution is -2.11. The Morgan fingerprint density at radius 3 is 2.65 bits per heavy atom. The lowest BCUT2D eigenvalue weighted by atomic mass is 10.0. The first-order valence-electron chi connectivity index (χ1n) is 5.23. The Bertz CT molecular complexity index is 418. The van der Waals surface area contributed by atoms with Crippen LogP contribution in [-0.4, -0.2) is 13.3 Å². The maximum atomic E-state index is 12.8. The van der Waals surface area contributed by atoms with Crippen molar-refractivity contribution in [2.75, 3.05) is 13.3 Å². The number of benzene rings is 1. The second kappa shape index (κ2) is 4.44. The topological polar surface area (TPSA) is 44.5 Å². The summed E-state index contributed by atoms with van der Waals surface area (Å²) in [5.41, 5.74) is 4.79. The van der Waals surface area contributed by atoms with Crippen LogP contribution in [0, 0.1) is 0 Å². The van der Waals surface area contributed by atoms with Crippen LogP contribution >= 0.6 is 0 Å². The van der Waals surface area contributed by atoms with E-state index in [1.165, 1.54) is 6.07 Å². The third-order valence-corrected chi connectivity index (χ3v) is 2.58. The minimum absolute atomic E-state index is 0.0354. The Balaban J connectivity index is 2.45. The van der Waals surface area contributed by atoms with Crippen LogP contribution < -0.4 is 15.2 Å². The van der Waals surface area contributed by atoms with Crippen molar-refractivity contribution in [3.05, 3.63) is 23.3 Å². The number of fused-ring (bicyclic) bond motifs is 1. The first-order valence-corrected chi connectivity index (χ1v) is 5.23. The summed E-state index contributed by atoms with van der Waals surface area (Å²) in [6.07, 6.45) is -3.67. The maximum Gasteiger partial charge on any atom is 0.416 e. The molecule has 1 heterocycles. The van der Waals surface area contributed by atoms with Gasteiger partial charge in [0, 0.05) is 5.56 Å². The summed E-state index contributed by atoms with van der Waals surface area (Å²) < 4.78 is 48.6. The van der Waals surface area contributed by atoms with E-state index in [-0.39, 0.29) is 24.5 Å². The molecule has 2 rings (SSSR count). The van der Waals surface area contributed by atoms with E-state index in [9.17, 15) is 13.2 Å². The predicted molar refractivity (Wildman–Crippen MR) is 54.9 cm³/mol. The van der Waals surface area contributed by atoms with Crippen LogP contribution in [0.4, 0.5) is 13.2 Å². The van der Waals surface area contributed by atoms with E-state index in [2.05, 4.69) is 0 Å². The van der Waals surface area contributed by atoms with Crippen molar-refractivity contribution in [2.45, 2.75) is 19.0 Å². The zero-order chi connectivity index (χ0) is 12.5. The van der Waals surface area contributed by atoms with Crippen molar-refractivity contribution in [1.29, 1.82) is 0 Å². The first kappa shape index (κ1) is 12.0. The fourth-order valence-corrected chi connectivity index (χ4v) is 1.82. The smallest absolute Gasteiger partial charge is 0.416 e. The van der Waals surface area contributed by atoms with Crippen molar-refractivity contribution in [2.24, 2.45) is 5.73 Å². The fourth-order valence-electron chi connectivity index (χ4n) is 1.82. The summed E-state index contributed by atoms with van der Waals surface area (Å²) in [5, 5.41) is 0. The number of halogens is 3. The number of nitrogens with two attached hydrogens (primary N) is 1. The lowest BCUT2D eigenvalue weighted by Gasteiger charge is -2.14. The summed E-state index contributed by atoms with van der Waals surface area (Å²) in [6, 6.07) is 2.32. The molecule has 1 aromatic carbocycles. The van der Waals surface area contributed by atoms with Crippen molar-refractivity contribution < 1.29 is 22.6 Å². The summed E-state index contributed by atoms with van der Waals surface area (Å²) in [6.45, 7) is 0.300. The summed E-state index contributed by atoms with van der Waals surface area (Å²) in [7, 11) is 0. The molecule has 2 N–H and O–H groups in total. The summed E-state index contributed by atoms with van der Waals surface area (Å²) >= 11 is 0. The van der Waals surface area contributed by atoms with Crippen LogP contribution in [0.25, 0.3) is 0 Å². The molecule has 0 unspecified atom stereocenters. The van der Waals surface area contributed by atoms with Gasteiger partial charge in [0.2, 0.25) is 6.79 Å². The highest BCUT2D eigenvalue weighted by molar-refractivity contribution is 5.53. The molecule has 0 bridgehead atoms. The maximum absolute atomic E-state index is 12.8. The number of hydrogen-bond acceptors (Lipinski definition) is 3. The quantitative estimate of drug-likeness (QED) is 0.891. The highest BCUT2D eigenvalue weighted by atomic mass is 19.4. The van der Waals surface area contributed by atoms with Gasteiger partial charge in [-0.1, -0.05) is 0 Å². The van der Waals surface area contributed by atoms with Crippen LogP contribution in [0.5, 0.6) is 11.5 Å². The third kappa shape index (κ3) is 2.31. The molecule has 0 radical (unpaired) electrons. The van der Waals surface area contributed by atoms with Gasteiger partial charge in [0.25, 0.3) is 0 Å². The molecule has 0 aromatic heterocycles. The minimum Gasteiger partial charge on any atom is -0.454 e. The Kier molecular flexibility index (Phi) is 3.15. The average Bonchev–Trinajstić information content (AvgIpc) is 2.72. The molecular weight excluding hydrogens is 235 g/mol. The minimum atomic E-state index is -4.38. The van der Waals surface area contributed by atoms with Gasteiger partial charge in [-0.05, 0) is 31.5 Å². The molecular formula is C11H12F3NO2. The fraction of sp³-hybridized carbons (Fsp3) is 0.455. The molecule has 0 aliphatic carbocycles. The van der Waals surface area contributed by atoms with E-state index >= 15 is 0 Å². The third-order valence-electron chi connectivity index (χ3n) is 2.58. The second-order valence-corrected chi connectivity index (χ2v) is 3.72. The molecule has 3 nitrogen and oxygen atoms in total. The van der Waals surface area contributed by atoms with E-state index in [1.807, 2.05) is 0 Å². The standard InChI is InChI=1S/C11H12F3NO2/c12-11(13,14)8-3-4-9-10(17-6-16-9)7(8)2-1-5-15/h3-4H,1-2,5-6,15H2. The van der Waals surface area contributed by atoms with Crippen molar-refractivity contribution in [3.8, 4) is 11.5 Å². The second-order valence-electron chi connectivity index (χ2n) is 3.72. The van der Waals surface area contributed by atoms with E-state index in [1.54, 1.807) is 0 Å². The molecule has 17 heavy (non-hydrogen) atoms. The monoisotopic (exact) mass is 247 g/mol. The molecule has 0 atom stereocenters. The Labute approximate surface area is 96.3 Å². The van der Waals surface area contributed by atoms with Crippen LogP contribution in [0.1, 0.15) is 17.5 Å². The molecule has 0 saturated heterocycles. The number of alkyl halides is 3. The predicted octanol–water partition coefficient (Wildman–Crippen LogP) is 2.33.